The molecule has 4 heterocycles. The van der Waals surface area contributed by atoms with Gasteiger partial charge in [0.05, 0.1) is 24.7 Å². The fourth-order valence-corrected chi connectivity index (χ4v) is 3.96. The van der Waals surface area contributed by atoms with Crippen LogP contribution in [0.5, 0.6) is 5.75 Å². The fraction of sp³-hybridized carbons (Fsp3) is 0.217. The maximum atomic E-state index is 13.5. The molecule has 0 atom stereocenters. The van der Waals surface area contributed by atoms with E-state index in [1.54, 1.807) is 12.3 Å². The van der Waals surface area contributed by atoms with Crippen LogP contribution < -0.4 is 20.5 Å². The number of hydrogen-bond acceptors (Lipinski definition) is 7. The Labute approximate surface area is 183 Å². The quantitative estimate of drug-likeness (QED) is 0.530. The second-order valence-electron chi connectivity index (χ2n) is 7.68. The third-order valence-electron chi connectivity index (χ3n) is 5.52. The Morgan fingerprint density at radius 3 is 2.88 bits per heavy atom. The van der Waals surface area contributed by atoms with Gasteiger partial charge in [-0.2, -0.15) is 4.52 Å². The lowest BCUT2D eigenvalue weighted by atomic mass is 10.0. The van der Waals surface area contributed by atoms with Gasteiger partial charge in [0, 0.05) is 43.5 Å². The second kappa shape index (κ2) is 7.92. The SMILES string of the molecule is COc1cc(F)ccc1Nc1cnc2c(c1)CN(c1nn3c(=O)ccnc3cc1C)CC2. The first-order valence-electron chi connectivity index (χ1n) is 10.2. The topological polar surface area (TPSA) is 84.6 Å². The van der Waals surface area contributed by atoms with Crippen LogP contribution in [0.2, 0.25) is 0 Å². The summed E-state index contributed by atoms with van der Waals surface area (Å²) in [5.74, 6) is 0.801. The molecule has 0 aliphatic carbocycles. The Morgan fingerprint density at radius 1 is 1.16 bits per heavy atom. The molecule has 1 aliphatic heterocycles. The van der Waals surface area contributed by atoms with Gasteiger partial charge in [0.2, 0.25) is 0 Å². The molecule has 1 aliphatic rings. The lowest BCUT2D eigenvalue weighted by molar-refractivity contribution is 0.413. The van der Waals surface area contributed by atoms with Gasteiger partial charge in [-0.15, -0.1) is 5.10 Å². The largest absolute Gasteiger partial charge is 0.494 e. The van der Waals surface area contributed by atoms with Crippen LogP contribution in [-0.2, 0) is 13.0 Å². The van der Waals surface area contributed by atoms with E-state index in [1.807, 2.05) is 19.1 Å². The van der Waals surface area contributed by atoms with E-state index in [4.69, 9.17) is 4.74 Å². The van der Waals surface area contributed by atoms with Crippen molar-refractivity contribution >= 4 is 22.8 Å². The molecule has 0 radical (unpaired) electrons. The van der Waals surface area contributed by atoms with Crippen molar-refractivity contribution in [1.82, 2.24) is 19.6 Å². The van der Waals surface area contributed by atoms with Gasteiger partial charge >= 0.3 is 0 Å². The van der Waals surface area contributed by atoms with Crippen molar-refractivity contribution in [1.29, 1.82) is 0 Å². The predicted molar refractivity (Wildman–Crippen MR) is 119 cm³/mol. The molecule has 0 saturated heterocycles. The number of hydrogen-bond donors (Lipinski definition) is 1. The lowest BCUT2D eigenvalue weighted by Gasteiger charge is -2.30. The Kier molecular flexibility index (Phi) is 4.93. The Morgan fingerprint density at radius 2 is 2.03 bits per heavy atom. The number of pyridine rings is 1. The molecule has 9 heteroatoms. The van der Waals surface area contributed by atoms with Crippen molar-refractivity contribution in [2.75, 3.05) is 23.9 Å². The minimum absolute atomic E-state index is 0.213. The molecule has 0 unspecified atom stereocenters. The molecule has 0 spiro atoms. The molecule has 1 aromatic carbocycles. The van der Waals surface area contributed by atoms with Crippen molar-refractivity contribution in [3.63, 3.8) is 0 Å². The Bertz CT molecular complexity index is 1390. The zero-order chi connectivity index (χ0) is 22.2. The van der Waals surface area contributed by atoms with Crippen LogP contribution in [0.1, 0.15) is 16.8 Å². The van der Waals surface area contributed by atoms with E-state index < -0.39 is 0 Å². The Balaban J connectivity index is 1.45. The molecule has 0 amide bonds. The van der Waals surface area contributed by atoms with Crippen LogP contribution >= 0.6 is 0 Å². The maximum absolute atomic E-state index is 13.5. The highest BCUT2D eigenvalue weighted by molar-refractivity contribution is 5.66. The van der Waals surface area contributed by atoms with Crippen LogP contribution in [0, 0.1) is 12.7 Å². The van der Waals surface area contributed by atoms with E-state index in [0.717, 1.165) is 41.3 Å². The number of aryl methyl sites for hydroxylation is 1. The third kappa shape index (κ3) is 3.62. The van der Waals surface area contributed by atoms with Crippen LogP contribution in [-0.4, -0.2) is 33.2 Å². The summed E-state index contributed by atoms with van der Waals surface area (Å²) >= 11 is 0. The Hall–Kier alpha value is -4.01. The van der Waals surface area contributed by atoms with Crippen molar-refractivity contribution in [2.24, 2.45) is 0 Å². The van der Waals surface area contributed by atoms with E-state index >= 15 is 0 Å². The van der Waals surface area contributed by atoms with Gasteiger partial charge in [-0.05, 0) is 42.3 Å². The monoisotopic (exact) mass is 432 g/mol. The van der Waals surface area contributed by atoms with Crippen LogP contribution in [0.25, 0.3) is 5.65 Å². The van der Waals surface area contributed by atoms with Crippen molar-refractivity contribution in [3.05, 3.63) is 81.8 Å². The van der Waals surface area contributed by atoms with Crippen LogP contribution in [0.3, 0.4) is 0 Å². The third-order valence-corrected chi connectivity index (χ3v) is 5.52. The van der Waals surface area contributed by atoms with E-state index in [-0.39, 0.29) is 11.4 Å². The molecular weight excluding hydrogens is 411 g/mol. The summed E-state index contributed by atoms with van der Waals surface area (Å²) in [5, 5.41) is 7.83. The highest BCUT2D eigenvalue weighted by Crippen LogP contribution is 2.30. The smallest absolute Gasteiger partial charge is 0.274 e. The second-order valence-corrected chi connectivity index (χ2v) is 7.68. The number of ether oxygens (including phenoxy) is 1. The highest BCUT2D eigenvalue weighted by Gasteiger charge is 2.21. The summed E-state index contributed by atoms with van der Waals surface area (Å²) in [7, 11) is 1.50. The number of halogens is 1. The van der Waals surface area contributed by atoms with Crippen LogP contribution in [0.4, 0.5) is 21.6 Å². The van der Waals surface area contributed by atoms with E-state index in [9.17, 15) is 9.18 Å². The van der Waals surface area contributed by atoms with E-state index in [2.05, 4.69) is 25.3 Å². The highest BCUT2D eigenvalue weighted by atomic mass is 19.1. The minimum atomic E-state index is -0.362. The fourth-order valence-electron chi connectivity index (χ4n) is 3.96. The molecule has 1 N–H and O–H groups in total. The van der Waals surface area contributed by atoms with Crippen molar-refractivity contribution in [2.45, 2.75) is 19.9 Å². The molecule has 8 nitrogen and oxygen atoms in total. The summed E-state index contributed by atoms with van der Waals surface area (Å²) in [6.07, 6.45) is 4.02. The first-order valence-corrected chi connectivity index (χ1v) is 10.2. The normalized spacial score (nSPS) is 13.2. The number of benzene rings is 1. The van der Waals surface area contributed by atoms with Gasteiger partial charge in [-0.1, -0.05) is 0 Å². The number of anilines is 3. The van der Waals surface area contributed by atoms with Gasteiger partial charge in [0.1, 0.15) is 11.6 Å². The summed E-state index contributed by atoms with van der Waals surface area (Å²) < 4.78 is 20.1. The molecule has 3 aromatic heterocycles. The minimum Gasteiger partial charge on any atom is -0.494 e. The average Bonchev–Trinajstić information content (AvgIpc) is 2.79. The number of aromatic nitrogens is 4. The zero-order valence-corrected chi connectivity index (χ0v) is 17.7. The molecule has 0 fully saturated rings. The number of nitrogens with zero attached hydrogens (tertiary/aromatic N) is 5. The number of methoxy groups -OCH3 is 1. The van der Waals surface area contributed by atoms with Gasteiger partial charge in [-0.25, -0.2) is 9.37 Å². The standard InChI is InChI=1S/C23H21FN6O2/c1-14-9-21-25-7-5-22(31)30(21)28-23(14)29-8-6-18-15(13-29)10-17(12-26-18)27-19-4-3-16(24)11-20(19)32-2/h3-5,7,9-12,27H,6,8,13H2,1-2H3. The zero-order valence-electron chi connectivity index (χ0n) is 17.7. The van der Waals surface area contributed by atoms with E-state index in [0.29, 0.717) is 23.6 Å². The molecule has 0 saturated carbocycles. The molecule has 5 rings (SSSR count). The number of fused-ring (bicyclic) bond motifs is 2. The molecule has 4 aromatic rings. The summed E-state index contributed by atoms with van der Waals surface area (Å²) in [4.78, 5) is 23.2. The first kappa shape index (κ1) is 19.9. The maximum Gasteiger partial charge on any atom is 0.274 e. The average molecular weight is 432 g/mol. The van der Waals surface area contributed by atoms with Gasteiger partial charge in [0.15, 0.2) is 11.5 Å². The first-order chi connectivity index (χ1) is 15.5. The summed E-state index contributed by atoms with van der Waals surface area (Å²) in [5.41, 5.74) is 4.77. The van der Waals surface area contributed by atoms with Crippen molar-refractivity contribution < 1.29 is 9.13 Å². The molecule has 32 heavy (non-hydrogen) atoms. The van der Waals surface area contributed by atoms with E-state index in [1.165, 1.54) is 36.0 Å². The molecule has 0 bridgehead atoms. The van der Waals surface area contributed by atoms with Crippen molar-refractivity contribution in [3.8, 4) is 5.75 Å². The number of rotatable bonds is 4. The summed E-state index contributed by atoms with van der Waals surface area (Å²) in [6, 6.07) is 9.65. The lowest BCUT2D eigenvalue weighted by Crippen LogP contribution is -2.33. The summed E-state index contributed by atoms with van der Waals surface area (Å²) in [6.45, 7) is 3.31. The predicted octanol–water partition coefficient (Wildman–Crippen LogP) is 3.25. The van der Waals surface area contributed by atoms with Gasteiger partial charge < -0.3 is 15.0 Å². The van der Waals surface area contributed by atoms with Crippen LogP contribution in [0.15, 0.2) is 53.6 Å². The molecular formula is C23H21FN6O2. The van der Waals surface area contributed by atoms with Gasteiger partial charge in [0.25, 0.3) is 5.56 Å². The van der Waals surface area contributed by atoms with Gasteiger partial charge in [-0.3, -0.25) is 9.78 Å². The molecule has 162 valence electrons. The number of nitrogens with one attached hydrogen (secondary N) is 1.